The number of nitrogens with zero attached hydrogens (tertiary/aromatic N) is 1. The van der Waals surface area contributed by atoms with Gasteiger partial charge in [0.15, 0.2) is 0 Å². The zero-order valence-corrected chi connectivity index (χ0v) is 9.19. The van der Waals surface area contributed by atoms with Gasteiger partial charge in [0, 0.05) is 5.41 Å². The summed E-state index contributed by atoms with van der Waals surface area (Å²) in [6.45, 7) is 6.47. The van der Waals surface area contributed by atoms with Crippen molar-refractivity contribution in [2.24, 2.45) is 0 Å². The van der Waals surface area contributed by atoms with Crippen LogP contribution in [0.25, 0.3) is 0 Å². The van der Waals surface area contributed by atoms with Gasteiger partial charge >= 0.3 is 0 Å². The lowest BCUT2D eigenvalue weighted by atomic mass is 9.84. The molecule has 1 aromatic heterocycles. The van der Waals surface area contributed by atoms with Crippen molar-refractivity contribution in [3.63, 3.8) is 0 Å². The zero-order chi connectivity index (χ0) is 9.90. The summed E-state index contributed by atoms with van der Waals surface area (Å²) < 4.78 is 4.83. The lowest BCUT2D eigenvalue weighted by Crippen LogP contribution is -2.17. The van der Waals surface area contributed by atoms with Crippen LogP contribution in [0.2, 0.25) is 5.02 Å². The summed E-state index contributed by atoms with van der Waals surface area (Å²) in [6.07, 6.45) is 4.97. The van der Waals surface area contributed by atoms with Crippen LogP contribution in [0.15, 0.2) is 10.8 Å². The Bertz CT molecular complexity index is 268. The normalized spacial score (nSPS) is 12.0. The molecule has 0 unspecified atom stereocenters. The Kier molecular flexibility index (Phi) is 3.37. The van der Waals surface area contributed by atoms with Gasteiger partial charge in [0.2, 0.25) is 0 Å². The third kappa shape index (κ3) is 2.47. The maximum atomic E-state index is 5.95. The molecule has 1 aromatic rings. The summed E-state index contributed by atoms with van der Waals surface area (Å²) in [6, 6.07) is 0. The van der Waals surface area contributed by atoms with Crippen LogP contribution in [0.3, 0.4) is 0 Å². The first-order valence-electron chi connectivity index (χ1n) is 4.68. The first-order valence-corrected chi connectivity index (χ1v) is 5.06. The molecule has 74 valence electrons. The minimum atomic E-state index is 0.0279. The third-order valence-corrected chi connectivity index (χ3v) is 2.59. The SMILES string of the molecule is CCCCC(C)(C)c1nocc1Cl. The highest BCUT2D eigenvalue weighted by Gasteiger charge is 2.26. The number of rotatable bonds is 4. The van der Waals surface area contributed by atoms with E-state index in [0.717, 1.165) is 12.1 Å². The molecular formula is C10H16ClNO. The van der Waals surface area contributed by atoms with Crippen LogP contribution in [-0.2, 0) is 5.41 Å². The average molecular weight is 202 g/mol. The van der Waals surface area contributed by atoms with E-state index in [1.54, 1.807) is 0 Å². The molecule has 0 saturated carbocycles. The van der Waals surface area contributed by atoms with Gasteiger partial charge in [-0.3, -0.25) is 0 Å². The summed E-state index contributed by atoms with van der Waals surface area (Å²) in [4.78, 5) is 0. The standard InChI is InChI=1S/C10H16ClNO/c1-4-5-6-10(2,3)9-8(11)7-13-12-9/h7H,4-6H2,1-3H3. The van der Waals surface area contributed by atoms with E-state index in [2.05, 4.69) is 25.9 Å². The van der Waals surface area contributed by atoms with Crippen molar-refractivity contribution in [3.05, 3.63) is 17.0 Å². The second kappa shape index (κ2) is 4.14. The molecule has 0 aliphatic rings. The molecule has 0 aliphatic heterocycles. The van der Waals surface area contributed by atoms with E-state index >= 15 is 0 Å². The van der Waals surface area contributed by atoms with Gasteiger partial charge in [0.25, 0.3) is 0 Å². The molecule has 3 heteroatoms. The predicted molar refractivity (Wildman–Crippen MR) is 54.1 cm³/mol. The zero-order valence-electron chi connectivity index (χ0n) is 8.43. The van der Waals surface area contributed by atoms with Gasteiger partial charge in [-0.1, -0.05) is 50.4 Å². The molecule has 0 bridgehead atoms. The Balaban J connectivity index is 2.74. The van der Waals surface area contributed by atoms with Crippen LogP contribution in [0, 0.1) is 0 Å². The van der Waals surface area contributed by atoms with E-state index in [9.17, 15) is 0 Å². The molecule has 0 amide bonds. The maximum Gasteiger partial charge on any atom is 0.142 e. The summed E-state index contributed by atoms with van der Waals surface area (Å²) in [7, 11) is 0. The number of unbranched alkanes of at least 4 members (excludes halogenated alkanes) is 1. The van der Waals surface area contributed by atoms with Crippen LogP contribution in [0.4, 0.5) is 0 Å². The summed E-state index contributed by atoms with van der Waals surface area (Å²) in [5.41, 5.74) is 0.905. The lowest BCUT2D eigenvalue weighted by Gasteiger charge is -2.21. The highest BCUT2D eigenvalue weighted by Crippen LogP contribution is 2.32. The molecule has 2 nitrogen and oxygen atoms in total. The number of halogens is 1. The van der Waals surface area contributed by atoms with Crippen molar-refractivity contribution in [2.45, 2.75) is 45.4 Å². The van der Waals surface area contributed by atoms with Crippen LogP contribution in [-0.4, -0.2) is 5.16 Å². The molecule has 1 heterocycles. The van der Waals surface area contributed by atoms with E-state index in [1.165, 1.54) is 19.1 Å². The quantitative estimate of drug-likeness (QED) is 0.741. The highest BCUT2D eigenvalue weighted by atomic mass is 35.5. The van der Waals surface area contributed by atoms with Crippen molar-refractivity contribution >= 4 is 11.6 Å². The minimum absolute atomic E-state index is 0.0279. The van der Waals surface area contributed by atoms with E-state index in [4.69, 9.17) is 16.1 Å². The van der Waals surface area contributed by atoms with Crippen LogP contribution in [0.1, 0.15) is 45.7 Å². The molecule has 0 atom stereocenters. The molecule has 13 heavy (non-hydrogen) atoms. The Hall–Kier alpha value is -0.500. The van der Waals surface area contributed by atoms with Gasteiger partial charge in [0.05, 0.1) is 0 Å². The molecule has 0 fully saturated rings. The molecule has 0 aliphatic carbocycles. The van der Waals surface area contributed by atoms with Crippen LogP contribution >= 0.6 is 11.6 Å². The van der Waals surface area contributed by atoms with E-state index in [0.29, 0.717) is 5.02 Å². The largest absolute Gasteiger partial charge is 0.363 e. The van der Waals surface area contributed by atoms with Crippen LogP contribution in [0.5, 0.6) is 0 Å². The van der Waals surface area contributed by atoms with E-state index in [-0.39, 0.29) is 5.41 Å². The van der Waals surface area contributed by atoms with Gasteiger partial charge < -0.3 is 4.52 Å². The number of hydrogen-bond acceptors (Lipinski definition) is 2. The fourth-order valence-corrected chi connectivity index (χ4v) is 1.74. The van der Waals surface area contributed by atoms with Gasteiger partial charge in [-0.15, -0.1) is 0 Å². The van der Waals surface area contributed by atoms with Crippen molar-refractivity contribution in [1.29, 1.82) is 0 Å². The molecule has 0 N–H and O–H groups in total. The number of aromatic nitrogens is 1. The summed E-state index contributed by atoms with van der Waals surface area (Å²) >= 11 is 5.95. The first kappa shape index (κ1) is 10.6. The summed E-state index contributed by atoms with van der Waals surface area (Å²) in [5.74, 6) is 0. The molecular weight excluding hydrogens is 186 g/mol. The van der Waals surface area contributed by atoms with Crippen molar-refractivity contribution in [1.82, 2.24) is 5.16 Å². The van der Waals surface area contributed by atoms with Crippen LogP contribution < -0.4 is 0 Å². The minimum Gasteiger partial charge on any atom is -0.363 e. The monoisotopic (exact) mass is 201 g/mol. The Morgan fingerprint density at radius 1 is 1.54 bits per heavy atom. The van der Waals surface area contributed by atoms with Gasteiger partial charge in [-0.25, -0.2) is 0 Å². The fraction of sp³-hybridized carbons (Fsp3) is 0.700. The van der Waals surface area contributed by atoms with Gasteiger partial charge in [-0.05, 0) is 6.42 Å². The first-order chi connectivity index (χ1) is 6.08. The predicted octanol–water partition coefficient (Wildman–Crippen LogP) is 3.80. The van der Waals surface area contributed by atoms with E-state index in [1.807, 2.05) is 0 Å². The molecule has 0 aromatic carbocycles. The van der Waals surface area contributed by atoms with E-state index < -0.39 is 0 Å². The fourth-order valence-electron chi connectivity index (χ4n) is 1.41. The average Bonchev–Trinajstić information content (AvgIpc) is 2.48. The Morgan fingerprint density at radius 3 is 2.69 bits per heavy atom. The van der Waals surface area contributed by atoms with Gasteiger partial charge in [0.1, 0.15) is 17.0 Å². The lowest BCUT2D eigenvalue weighted by molar-refractivity contribution is 0.371. The summed E-state index contributed by atoms with van der Waals surface area (Å²) in [5, 5.41) is 4.57. The number of hydrogen-bond donors (Lipinski definition) is 0. The van der Waals surface area contributed by atoms with Gasteiger partial charge in [-0.2, -0.15) is 0 Å². The second-order valence-electron chi connectivity index (χ2n) is 4.00. The Labute approximate surface area is 84.3 Å². The van der Waals surface area contributed by atoms with Crippen molar-refractivity contribution in [3.8, 4) is 0 Å². The molecule has 0 spiro atoms. The van der Waals surface area contributed by atoms with Crippen molar-refractivity contribution < 1.29 is 4.52 Å². The molecule has 0 saturated heterocycles. The smallest absolute Gasteiger partial charge is 0.142 e. The Morgan fingerprint density at radius 2 is 2.23 bits per heavy atom. The molecule has 0 radical (unpaired) electrons. The molecule has 1 rings (SSSR count). The topological polar surface area (TPSA) is 26.0 Å². The second-order valence-corrected chi connectivity index (χ2v) is 4.41. The maximum absolute atomic E-state index is 5.95. The third-order valence-electron chi connectivity index (χ3n) is 2.32. The van der Waals surface area contributed by atoms with Crippen molar-refractivity contribution in [2.75, 3.05) is 0 Å². The highest BCUT2D eigenvalue weighted by molar-refractivity contribution is 6.31.